The highest BCUT2D eigenvalue weighted by Crippen LogP contribution is 2.35. The van der Waals surface area contributed by atoms with Gasteiger partial charge in [0.15, 0.2) is 16.5 Å². The van der Waals surface area contributed by atoms with E-state index in [-0.39, 0.29) is 12.4 Å². The number of nitrogens with zero attached hydrogens (tertiary/aromatic N) is 2. The highest BCUT2D eigenvalue weighted by molar-refractivity contribution is 7.23. The van der Waals surface area contributed by atoms with Crippen LogP contribution in [0.5, 0.6) is 17.2 Å². The molecule has 0 saturated carbocycles. The van der Waals surface area contributed by atoms with Crippen LogP contribution >= 0.6 is 11.3 Å². The minimum absolute atomic E-state index is 0.147. The number of thiazole rings is 1. The Morgan fingerprint density at radius 2 is 1.92 bits per heavy atom. The second-order valence-corrected chi connectivity index (χ2v) is 5.62. The van der Waals surface area contributed by atoms with E-state index in [1.165, 1.54) is 36.2 Å². The van der Waals surface area contributed by atoms with Crippen LogP contribution in [0.25, 0.3) is 15.2 Å². The molecule has 0 amide bonds. The normalized spacial score (nSPS) is 10.8. The molecule has 0 aliphatic rings. The predicted molar refractivity (Wildman–Crippen MR) is 87.6 cm³/mol. The molecule has 2 heterocycles. The molecular weight excluding hydrogens is 336 g/mol. The van der Waals surface area contributed by atoms with E-state index in [1.54, 1.807) is 19.1 Å². The molecule has 3 rings (SSSR count). The number of ether oxygens (including phenoxy) is 4. The van der Waals surface area contributed by atoms with Crippen LogP contribution in [0.1, 0.15) is 6.92 Å². The third kappa shape index (κ3) is 2.62. The number of carbonyl (C=O) groups excluding carboxylic acids is 1. The SMILES string of the molecule is CCOC(=O)Oc1cnc2sc3cc(OC)c(OC)cc3n2c1=O. The van der Waals surface area contributed by atoms with Gasteiger partial charge in [-0.2, -0.15) is 0 Å². The molecular formula is C15H14N2O6S. The monoisotopic (exact) mass is 350 g/mol. The van der Waals surface area contributed by atoms with Crippen molar-refractivity contribution in [3.05, 3.63) is 28.7 Å². The molecule has 9 heteroatoms. The number of methoxy groups -OCH3 is 2. The molecule has 0 radical (unpaired) electrons. The lowest BCUT2D eigenvalue weighted by molar-refractivity contribution is 0.103. The quantitative estimate of drug-likeness (QED) is 0.668. The number of hydrogen-bond donors (Lipinski definition) is 0. The molecule has 0 unspecified atom stereocenters. The van der Waals surface area contributed by atoms with Gasteiger partial charge < -0.3 is 18.9 Å². The first-order chi connectivity index (χ1) is 11.6. The second-order valence-electron chi connectivity index (χ2n) is 4.61. The standard InChI is InChI=1S/C15H14N2O6S/c1-4-22-15(19)23-11-7-16-14-17(13(11)18)8-5-9(20-2)10(21-3)6-12(8)24-14/h5-7H,4H2,1-3H3. The average molecular weight is 350 g/mol. The number of aromatic nitrogens is 2. The first kappa shape index (κ1) is 16.1. The first-order valence-electron chi connectivity index (χ1n) is 7.00. The summed E-state index contributed by atoms with van der Waals surface area (Å²) in [5, 5.41) is 0. The zero-order valence-corrected chi connectivity index (χ0v) is 14.0. The zero-order valence-electron chi connectivity index (χ0n) is 13.2. The van der Waals surface area contributed by atoms with Crippen molar-refractivity contribution in [1.29, 1.82) is 0 Å². The second kappa shape index (κ2) is 6.36. The Kier molecular flexibility index (Phi) is 4.26. The fraction of sp³-hybridized carbons (Fsp3) is 0.267. The van der Waals surface area contributed by atoms with Crippen molar-refractivity contribution in [2.24, 2.45) is 0 Å². The van der Waals surface area contributed by atoms with Crippen LogP contribution in [0.3, 0.4) is 0 Å². The van der Waals surface area contributed by atoms with Gasteiger partial charge in [0.2, 0.25) is 5.75 Å². The molecule has 0 atom stereocenters. The number of benzene rings is 1. The lowest BCUT2D eigenvalue weighted by atomic mass is 10.3. The van der Waals surface area contributed by atoms with Crippen LogP contribution in [0, 0.1) is 0 Å². The van der Waals surface area contributed by atoms with E-state index in [0.29, 0.717) is 22.0 Å². The predicted octanol–water partition coefficient (Wildman–Crippen LogP) is 2.46. The van der Waals surface area contributed by atoms with Crippen molar-refractivity contribution < 1.29 is 23.7 Å². The third-order valence-electron chi connectivity index (χ3n) is 3.26. The number of rotatable bonds is 4. The number of hydrogen-bond acceptors (Lipinski definition) is 8. The molecule has 0 aliphatic carbocycles. The molecule has 0 saturated heterocycles. The molecule has 1 aromatic carbocycles. The minimum atomic E-state index is -0.949. The minimum Gasteiger partial charge on any atom is -0.493 e. The summed E-state index contributed by atoms with van der Waals surface area (Å²) in [5.41, 5.74) is 0.0750. The summed E-state index contributed by atoms with van der Waals surface area (Å²) < 4.78 is 22.3. The fourth-order valence-corrected chi connectivity index (χ4v) is 3.22. The Bertz CT molecular complexity index is 977. The van der Waals surface area contributed by atoms with Crippen LogP contribution in [0.4, 0.5) is 4.79 Å². The summed E-state index contributed by atoms with van der Waals surface area (Å²) in [6.45, 7) is 1.79. The summed E-state index contributed by atoms with van der Waals surface area (Å²) in [6, 6.07) is 3.44. The van der Waals surface area contributed by atoms with E-state index >= 15 is 0 Å². The molecule has 126 valence electrons. The molecule has 0 fully saturated rings. The summed E-state index contributed by atoms with van der Waals surface area (Å²) in [6.07, 6.45) is 0.258. The Morgan fingerprint density at radius 1 is 1.21 bits per heavy atom. The Hall–Kier alpha value is -2.81. The van der Waals surface area contributed by atoms with Crippen LogP contribution in [0.15, 0.2) is 23.1 Å². The highest BCUT2D eigenvalue weighted by atomic mass is 32.1. The molecule has 8 nitrogen and oxygen atoms in total. The van der Waals surface area contributed by atoms with Gasteiger partial charge in [-0.3, -0.25) is 4.79 Å². The van der Waals surface area contributed by atoms with Crippen molar-refractivity contribution >= 4 is 32.7 Å². The van der Waals surface area contributed by atoms with E-state index < -0.39 is 11.7 Å². The van der Waals surface area contributed by atoms with Gasteiger partial charge in [-0.15, -0.1) is 0 Å². The van der Waals surface area contributed by atoms with Gasteiger partial charge in [0, 0.05) is 12.1 Å². The van der Waals surface area contributed by atoms with Crippen molar-refractivity contribution in [1.82, 2.24) is 9.38 Å². The Labute approximate surface area is 140 Å². The maximum atomic E-state index is 12.6. The maximum Gasteiger partial charge on any atom is 0.514 e. The number of carbonyl (C=O) groups is 1. The van der Waals surface area contributed by atoms with Gasteiger partial charge in [-0.1, -0.05) is 11.3 Å². The van der Waals surface area contributed by atoms with Crippen LogP contribution in [0.2, 0.25) is 0 Å². The molecule has 0 N–H and O–H groups in total. The highest BCUT2D eigenvalue weighted by Gasteiger charge is 2.17. The van der Waals surface area contributed by atoms with Crippen molar-refractivity contribution in [3.8, 4) is 17.2 Å². The largest absolute Gasteiger partial charge is 0.514 e. The van der Waals surface area contributed by atoms with Crippen molar-refractivity contribution in [2.45, 2.75) is 6.92 Å². The smallest absolute Gasteiger partial charge is 0.493 e. The molecule has 0 bridgehead atoms. The van der Waals surface area contributed by atoms with Crippen LogP contribution < -0.4 is 19.8 Å². The van der Waals surface area contributed by atoms with Crippen molar-refractivity contribution in [2.75, 3.05) is 20.8 Å². The lowest BCUT2D eigenvalue weighted by Gasteiger charge is -2.07. The van der Waals surface area contributed by atoms with E-state index in [0.717, 1.165) is 4.70 Å². The van der Waals surface area contributed by atoms with E-state index in [2.05, 4.69) is 9.72 Å². The van der Waals surface area contributed by atoms with Gasteiger partial charge in [-0.25, -0.2) is 14.2 Å². The van der Waals surface area contributed by atoms with Crippen molar-refractivity contribution in [3.63, 3.8) is 0 Å². The summed E-state index contributed by atoms with van der Waals surface area (Å²) in [4.78, 5) is 28.7. The number of fused-ring (bicyclic) bond motifs is 3. The summed E-state index contributed by atoms with van der Waals surface area (Å²) in [5.74, 6) is 0.821. The van der Waals surface area contributed by atoms with Gasteiger partial charge in [-0.05, 0) is 6.92 Å². The molecule has 2 aromatic heterocycles. The zero-order chi connectivity index (χ0) is 17.3. The summed E-state index contributed by atoms with van der Waals surface area (Å²) in [7, 11) is 3.04. The Balaban J connectivity index is 2.21. The fourth-order valence-electron chi connectivity index (χ4n) is 2.22. The van der Waals surface area contributed by atoms with E-state index in [1.807, 2.05) is 0 Å². The Morgan fingerprint density at radius 3 is 2.58 bits per heavy atom. The van der Waals surface area contributed by atoms with E-state index in [4.69, 9.17) is 14.2 Å². The molecule has 0 aliphatic heterocycles. The third-order valence-corrected chi connectivity index (χ3v) is 4.28. The molecule has 0 spiro atoms. The summed E-state index contributed by atoms with van der Waals surface area (Å²) >= 11 is 1.31. The van der Waals surface area contributed by atoms with Crippen LogP contribution in [-0.2, 0) is 4.74 Å². The average Bonchev–Trinajstić information content (AvgIpc) is 2.94. The van der Waals surface area contributed by atoms with Gasteiger partial charge in [0.05, 0.1) is 37.2 Å². The lowest BCUT2D eigenvalue weighted by Crippen LogP contribution is -2.20. The van der Waals surface area contributed by atoms with Gasteiger partial charge in [0.25, 0.3) is 0 Å². The van der Waals surface area contributed by atoms with Gasteiger partial charge >= 0.3 is 11.7 Å². The maximum absolute atomic E-state index is 12.6. The van der Waals surface area contributed by atoms with Crippen LogP contribution in [-0.4, -0.2) is 36.4 Å². The first-order valence-corrected chi connectivity index (χ1v) is 7.81. The molecule has 24 heavy (non-hydrogen) atoms. The van der Waals surface area contributed by atoms with E-state index in [9.17, 15) is 9.59 Å². The topological polar surface area (TPSA) is 88.4 Å². The van der Waals surface area contributed by atoms with Gasteiger partial charge in [0.1, 0.15) is 0 Å². The molecule has 3 aromatic rings.